The zero-order chi connectivity index (χ0) is 18.7. The minimum Gasteiger partial charge on any atom is -0.507 e. The molecule has 1 aliphatic heterocycles. The third-order valence-corrected chi connectivity index (χ3v) is 4.84. The fourth-order valence-electron chi connectivity index (χ4n) is 3.04. The van der Waals surface area contributed by atoms with Crippen molar-refractivity contribution >= 4 is 33.4 Å². The Kier molecular flexibility index (Phi) is 5.54. The minimum absolute atomic E-state index is 0.0969. The second-order valence-corrected chi connectivity index (χ2v) is 6.82. The van der Waals surface area contributed by atoms with Gasteiger partial charge >= 0.3 is 0 Å². The Morgan fingerprint density at radius 3 is 2.38 bits per heavy atom. The molecule has 1 saturated heterocycles. The van der Waals surface area contributed by atoms with Crippen LogP contribution in [0.1, 0.15) is 17.2 Å². The molecule has 5 nitrogen and oxygen atoms in total. The van der Waals surface area contributed by atoms with Gasteiger partial charge < -0.3 is 14.7 Å². The van der Waals surface area contributed by atoms with Crippen molar-refractivity contribution in [3.8, 4) is 0 Å². The van der Waals surface area contributed by atoms with Crippen LogP contribution in [0.15, 0.2) is 64.6 Å². The van der Waals surface area contributed by atoms with Crippen LogP contribution in [0.4, 0.5) is 0 Å². The first-order chi connectivity index (χ1) is 12.5. The van der Waals surface area contributed by atoms with E-state index in [0.29, 0.717) is 12.2 Å². The van der Waals surface area contributed by atoms with Gasteiger partial charge in [-0.05, 0) is 17.7 Å². The molecule has 2 aromatic rings. The summed E-state index contributed by atoms with van der Waals surface area (Å²) in [5, 5.41) is 10.8. The number of ketones is 1. The van der Waals surface area contributed by atoms with Gasteiger partial charge in [-0.2, -0.15) is 0 Å². The molecule has 3 rings (SSSR count). The van der Waals surface area contributed by atoms with Crippen LogP contribution >= 0.6 is 15.9 Å². The van der Waals surface area contributed by atoms with Crippen LogP contribution in [0.5, 0.6) is 0 Å². The first-order valence-electron chi connectivity index (χ1n) is 8.13. The summed E-state index contributed by atoms with van der Waals surface area (Å²) in [5.74, 6) is -1.49. The average molecular weight is 416 g/mol. The predicted molar refractivity (Wildman–Crippen MR) is 101 cm³/mol. The maximum Gasteiger partial charge on any atom is 0.295 e. The standard InChI is InChI=1S/C20H18BrNO4/c1-26-12-11-22-17(13-7-9-15(21)10-8-13)16(19(24)20(22)25)18(23)14-5-3-2-4-6-14/h2-10,17,23H,11-12H2,1H3/t17-/m0/s1. The van der Waals surface area contributed by atoms with Crippen molar-refractivity contribution in [3.63, 3.8) is 0 Å². The third kappa shape index (κ3) is 3.43. The average Bonchev–Trinajstić information content (AvgIpc) is 2.91. The molecular formula is C20H18BrNO4. The molecule has 1 atom stereocenters. The zero-order valence-corrected chi connectivity index (χ0v) is 15.8. The number of Topliss-reactive ketones (excluding diaryl/α,β-unsaturated/α-hetero) is 1. The number of aliphatic hydroxyl groups excluding tert-OH is 1. The summed E-state index contributed by atoms with van der Waals surface area (Å²) >= 11 is 3.39. The summed E-state index contributed by atoms with van der Waals surface area (Å²) in [4.78, 5) is 26.7. The number of carbonyl (C=O) groups excluding carboxylic acids is 2. The number of nitrogens with zero attached hydrogens (tertiary/aromatic N) is 1. The van der Waals surface area contributed by atoms with Crippen molar-refractivity contribution in [2.45, 2.75) is 6.04 Å². The van der Waals surface area contributed by atoms with Crippen molar-refractivity contribution in [3.05, 3.63) is 75.8 Å². The van der Waals surface area contributed by atoms with Gasteiger partial charge in [-0.1, -0.05) is 58.4 Å². The summed E-state index contributed by atoms with van der Waals surface area (Å²) in [7, 11) is 1.54. The highest BCUT2D eigenvalue weighted by Crippen LogP contribution is 2.39. The van der Waals surface area contributed by atoms with Crippen LogP contribution in [-0.4, -0.2) is 42.0 Å². The molecular weight excluding hydrogens is 398 g/mol. The Morgan fingerprint density at radius 1 is 1.12 bits per heavy atom. The number of aliphatic hydroxyl groups is 1. The Balaban J connectivity index is 2.15. The smallest absolute Gasteiger partial charge is 0.295 e. The van der Waals surface area contributed by atoms with Crippen molar-refractivity contribution < 1.29 is 19.4 Å². The zero-order valence-electron chi connectivity index (χ0n) is 14.2. The van der Waals surface area contributed by atoms with E-state index in [9.17, 15) is 14.7 Å². The van der Waals surface area contributed by atoms with Crippen LogP contribution in [0.3, 0.4) is 0 Å². The Morgan fingerprint density at radius 2 is 1.77 bits per heavy atom. The van der Waals surface area contributed by atoms with Gasteiger partial charge in [0.2, 0.25) is 0 Å². The maximum absolute atomic E-state index is 12.7. The van der Waals surface area contributed by atoms with Crippen molar-refractivity contribution in [2.75, 3.05) is 20.3 Å². The quantitative estimate of drug-likeness (QED) is 0.460. The normalized spacial score (nSPS) is 19.2. The van der Waals surface area contributed by atoms with Crippen LogP contribution in [0.2, 0.25) is 0 Å². The molecule has 0 bridgehead atoms. The largest absolute Gasteiger partial charge is 0.507 e. The highest BCUT2D eigenvalue weighted by Gasteiger charge is 2.45. The lowest BCUT2D eigenvalue weighted by Gasteiger charge is -2.25. The molecule has 0 aromatic heterocycles. The molecule has 0 aliphatic carbocycles. The number of ether oxygens (including phenoxy) is 1. The summed E-state index contributed by atoms with van der Waals surface area (Å²) in [6.45, 7) is 0.554. The first-order valence-corrected chi connectivity index (χ1v) is 8.92. The van der Waals surface area contributed by atoms with E-state index < -0.39 is 17.7 Å². The van der Waals surface area contributed by atoms with E-state index in [1.807, 2.05) is 30.3 Å². The molecule has 0 spiro atoms. The molecule has 2 aromatic carbocycles. The highest BCUT2D eigenvalue weighted by atomic mass is 79.9. The number of methoxy groups -OCH3 is 1. The number of hydrogen-bond acceptors (Lipinski definition) is 4. The Labute approximate surface area is 160 Å². The number of carbonyl (C=O) groups is 2. The molecule has 6 heteroatoms. The summed E-state index contributed by atoms with van der Waals surface area (Å²) < 4.78 is 5.97. The highest BCUT2D eigenvalue weighted by molar-refractivity contribution is 9.10. The Hall–Kier alpha value is -2.44. The van der Waals surface area contributed by atoms with Crippen LogP contribution in [0, 0.1) is 0 Å². The summed E-state index contributed by atoms with van der Waals surface area (Å²) in [6.07, 6.45) is 0. The number of benzene rings is 2. The predicted octanol–water partition coefficient (Wildman–Crippen LogP) is 3.52. The third-order valence-electron chi connectivity index (χ3n) is 4.31. The van der Waals surface area contributed by atoms with E-state index in [0.717, 1.165) is 10.0 Å². The van der Waals surface area contributed by atoms with E-state index in [-0.39, 0.29) is 17.9 Å². The molecule has 1 fully saturated rings. The van der Waals surface area contributed by atoms with Crippen molar-refractivity contribution in [2.24, 2.45) is 0 Å². The molecule has 0 radical (unpaired) electrons. The van der Waals surface area contributed by atoms with E-state index in [1.165, 1.54) is 12.0 Å². The molecule has 0 unspecified atom stereocenters. The van der Waals surface area contributed by atoms with Crippen molar-refractivity contribution in [1.29, 1.82) is 0 Å². The molecule has 1 aliphatic rings. The lowest BCUT2D eigenvalue weighted by molar-refractivity contribution is -0.140. The Bertz CT molecular complexity index is 846. The lowest BCUT2D eigenvalue weighted by atomic mass is 9.95. The number of rotatable bonds is 5. The SMILES string of the molecule is COCCN1C(=O)C(=O)C(=C(O)c2ccccc2)[C@@H]1c1ccc(Br)cc1. The number of hydrogen-bond donors (Lipinski definition) is 1. The molecule has 1 N–H and O–H groups in total. The molecule has 1 heterocycles. The van der Waals surface area contributed by atoms with Gasteiger partial charge in [-0.3, -0.25) is 9.59 Å². The van der Waals surface area contributed by atoms with Gasteiger partial charge in [0.05, 0.1) is 18.2 Å². The van der Waals surface area contributed by atoms with E-state index in [2.05, 4.69) is 15.9 Å². The van der Waals surface area contributed by atoms with Crippen molar-refractivity contribution in [1.82, 2.24) is 4.90 Å². The topological polar surface area (TPSA) is 66.8 Å². The fourth-order valence-corrected chi connectivity index (χ4v) is 3.31. The monoisotopic (exact) mass is 415 g/mol. The first kappa shape index (κ1) is 18.4. The van der Waals surface area contributed by atoms with Gasteiger partial charge in [0, 0.05) is 23.7 Å². The number of likely N-dealkylation sites (tertiary alicyclic amines) is 1. The summed E-state index contributed by atoms with van der Waals surface area (Å²) in [6, 6.07) is 15.5. The second kappa shape index (κ2) is 7.85. The van der Waals surface area contributed by atoms with Crippen LogP contribution in [0.25, 0.3) is 5.76 Å². The fraction of sp³-hybridized carbons (Fsp3) is 0.200. The number of halogens is 1. The second-order valence-electron chi connectivity index (χ2n) is 5.90. The van der Waals surface area contributed by atoms with Gasteiger partial charge in [-0.15, -0.1) is 0 Å². The van der Waals surface area contributed by atoms with E-state index in [4.69, 9.17) is 4.74 Å². The van der Waals surface area contributed by atoms with Gasteiger partial charge in [0.1, 0.15) is 5.76 Å². The maximum atomic E-state index is 12.7. The van der Waals surface area contributed by atoms with E-state index in [1.54, 1.807) is 24.3 Å². The molecule has 1 amide bonds. The minimum atomic E-state index is -0.685. The molecule has 0 saturated carbocycles. The molecule has 26 heavy (non-hydrogen) atoms. The number of amides is 1. The van der Waals surface area contributed by atoms with Gasteiger partial charge in [0.25, 0.3) is 11.7 Å². The van der Waals surface area contributed by atoms with E-state index >= 15 is 0 Å². The lowest BCUT2D eigenvalue weighted by Crippen LogP contribution is -2.32. The van der Waals surface area contributed by atoms with Crippen LogP contribution in [-0.2, 0) is 14.3 Å². The van der Waals surface area contributed by atoms with Gasteiger partial charge in [0.15, 0.2) is 0 Å². The van der Waals surface area contributed by atoms with Crippen LogP contribution < -0.4 is 0 Å². The van der Waals surface area contributed by atoms with Gasteiger partial charge in [-0.25, -0.2) is 0 Å². The summed E-state index contributed by atoms with van der Waals surface area (Å²) in [5.41, 5.74) is 1.35. The molecule has 134 valence electrons.